The van der Waals surface area contributed by atoms with Crippen molar-refractivity contribution in [2.75, 3.05) is 19.6 Å². The van der Waals surface area contributed by atoms with Crippen molar-refractivity contribution < 1.29 is 0 Å². The average Bonchev–Trinajstić information content (AvgIpc) is 2.35. The second kappa shape index (κ2) is 3.52. The summed E-state index contributed by atoms with van der Waals surface area (Å²) in [5.41, 5.74) is 0.439. The van der Waals surface area contributed by atoms with Gasteiger partial charge in [0.1, 0.15) is 0 Å². The van der Waals surface area contributed by atoms with Crippen LogP contribution in [0.4, 0.5) is 0 Å². The summed E-state index contributed by atoms with van der Waals surface area (Å²) in [6.07, 6.45) is 2.56. The molecule has 0 aliphatic carbocycles. The molecule has 2 fully saturated rings. The first kappa shape index (κ1) is 8.97. The average molecular weight is 157 g/mol. The molecule has 11 heavy (non-hydrogen) atoms. The van der Waals surface area contributed by atoms with Crippen molar-refractivity contribution in [3.05, 3.63) is 0 Å². The van der Waals surface area contributed by atoms with Gasteiger partial charge in [-0.25, -0.2) is 5.01 Å². The molecular weight excluding hydrogens is 138 g/mol. The molecule has 3 heteroatoms. The largest absolute Gasteiger partial charge is 0.310 e. The zero-order valence-corrected chi connectivity index (χ0v) is 7.56. The molecule has 0 aromatic carbocycles. The molecular formula is C8H19N3. The van der Waals surface area contributed by atoms with Crippen molar-refractivity contribution in [1.29, 1.82) is 0 Å². The Morgan fingerprint density at radius 1 is 1.36 bits per heavy atom. The number of hydrogen-bond donors (Lipinski definition) is 2. The van der Waals surface area contributed by atoms with Crippen LogP contribution in [0.3, 0.4) is 0 Å². The minimum absolute atomic E-state index is 0.439. The van der Waals surface area contributed by atoms with E-state index in [0.717, 1.165) is 13.1 Å². The van der Waals surface area contributed by atoms with E-state index in [4.69, 9.17) is 5.84 Å². The fourth-order valence-corrected chi connectivity index (χ4v) is 1.73. The fourth-order valence-electron chi connectivity index (χ4n) is 1.73. The normalized spacial score (nSPS) is 36.3. The van der Waals surface area contributed by atoms with Crippen LogP contribution in [-0.2, 0) is 0 Å². The Kier molecular flexibility index (Phi) is 2.87. The monoisotopic (exact) mass is 157 g/mol. The van der Waals surface area contributed by atoms with Crippen molar-refractivity contribution in [2.24, 2.45) is 5.84 Å². The molecule has 2 aliphatic heterocycles. The third kappa shape index (κ3) is 1.72. The Morgan fingerprint density at radius 2 is 2.00 bits per heavy atom. The molecule has 0 aromatic rings. The Labute approximate surface area is 68.9 Å². The van der Waals surface area contributed by atoms with Crippen molar-refractivity contribution in [1.82, 2.24) is 10.3 Å². The van der Waals surface area contributed by atoms with E-state index in [1.165, 1.54) is 19.4 Å². The van der Waals surface area contributed by atoms with Crippen LogP contribution >= 0.6 is 0 Å². The molecule has 1 atom stereocenters. The molecule has 0 radical (unpaired) electrons. The summed E-state index contributed by atoms with van der Waals surface area (Å²) in [6, 6.07) is 0. The highest BCUT2D eigenvalue weighted by molar-refractivity contribution is 5.02. The summed E-state index contributed by atoms with van der Waals surface area (Å²) >= 11 is 0. The molecule has 0 saturated carbocycles. The third-order valence-corrected chi connectivity index (χ3v) is 2.49. The molecule has 2 aliphatic rings. The van der Waals surface area contributed by atoms with E-state index in [2.05, 4.69) is 5.32 Å². The van der Waals surface area contributed by atoms with Gasteiger partial charge in [0.25, 0.3) is 0 Å². The number of nitrogens with zero attached hydrogens (tertiary/aromatic N) is 1. The minimum atomic E-state index is 0.439. The number of nitrogens with two attached hydrogens (primary N) is 1. The smallest absolute Gasteiger partial charge is 0.0347 e. The lowest BCUT2D eigenvalue weighted by Gasteiger charge is -2.39. The first-order valence-electron chi connectivity index (χ1n) is 4.55. The first-order chi connectivity index (χ1) is 5.31. The highest BCUT2D eigenvalue weighted by atomic mass is 15.4. The van der Waals surface area contributed by atoms with E-state index >= 15 is 0 Å². The minimum Gasteiger partial charge on any atom is -0.310 e. The van der Waals surface area contributed by atoms with Crippen LogP contribution in [0.2, 0.25) is 0 Å². The molecule has 0 amide bonds. The number of hydrazine groups is 1. The van der Waals surface area contributed by atoms with E-state index in [1.54, 1.807) is 0 Å². The van der Waals surface area contributed by atoms with E-state index < -0.39 is 0 Å². The summed E-state index contributed by atoms with van der Waals surface area (Å²) in [6.45, 7) is 7.30. The number of hydrogen-bond acceptors (Lipinski definition) is 3. The van der Waals surface area contributed by atoms with E-state index in [0.29, 0.717) is 5.54 Å². The highest BCUT2D eigenvalue weighted by Gasteiger charge is 2.41. The van der Waals surface area contributed by atoms with Crippen LogP contribution in [0.25, 0.3) is 0 Å². The van der Waals surface area contributed by atoms with Gasteiger partial charge in [-0.15, -0.1) is 0 Å². The van der Waals surface area contributed by atoms with Gasteiger partial charge in [-0.1, -0.05) is 13.8 Å². The summed E-state index contributed by atoms with van der Waals surface area (Å²) in [7, 11) is 0. The van der Waals surface area contributed by atoms with Crippen LogP contribution in [0.1, 0.15) is 26.7 Å². The second-order valence-corrected chi connectivity index (χ2v) is 3.18. The lowest BCUT2D eigenvalue weighted by molar-refractivity contribution is 0.203. The number of nitrogens with one attached hydrogen (secondary N) is 1. The lowest BCUT2D eigenvalue weighted by Crippen LogP contribution is -2.58. The van der Waals surface area contributed by atoms with Gasteiger partial charge < -0.3 is 5.32 Å². The van der Waals surface area contributed by atoms with Gasteiger partial charge >= 0.3 is 0 Å². The molecule has 0 aromatic heterocycles. The second-order valence-electron chi connectivity index (χ2n) is 3.18. The maximum absolute atomic E-state index is 5.61. The molecule has 3 N–H and O–H groups in total. The zero-order valence-electron chi connectivity index (χ0n) is 7.56. The first-order valence-corrected chi connectivity index (χ1v) is 4.55. The lowest BCUT2D eigenvalue weighted by atomic mass is 9.87. The Morgan fingerprint density at radius 3 is 2.18 bits per heavy atom. The van der Waals surface area contributed by atoms with Gasteiger partial charge in [0.2, 0.25) is 0 Å². The van der Waals surface area contributed by atoms with Crippen molar-refractivity contribution in [2.45, 2.75) is 32.2 Å². The Bertz CT molecular complexity index is 121. The molecule has 2 rings (SSSR count). The molecule has 3 nitrogen and oxygen atoms in total. The Hall–Kier alpha value is -0.120. The van der Waals surface area contributed by atoms with Crippen molar-refractivity contribution in [3.8, 4) is 0 Å². The molecule has 66 valence electrons. The van der Waals surface area contributed by atoms with E-state index in [-0.39, 0.29) is 0 Å². The topological polar surface area (TPSA) is 41.3 Å². The van der Waals surface area contributed by atoms with Crippen molar-refractivity contribution >= 4 is 0 Å². The Balaban J connectivity index is 0.000000281. The predicted molar refractivity (Wildman–Crippen MR) is 47.1 cm³/mol. The van der Waals surface area contributed by atoms with E-state index in [1.807, 2.05) is 18.9 Å². The van der Waals surface area contributed by atoms with Gasteiger partial charge in [-0.3, -0.25) is 5.84 Å². The van der Waals surface area contributed by atoms with Gasteiger partial charge in [0.15, 0.2) is 0 Å². The van der Waals surface area contributed by atoms with Crippen LogP contribution < -0.4 is 11.2 Å². The standard InChI is InChI=1S/C6H13N3.C2H6/c7-9-4-2-6(5-9)1-3-8-6;1-2/h8H,1-5,7H2;1-2H3. The summed E-state index contributed by atoms with van der Waals surface area (Å²) in [5.74, 6) is 5.61. The van der Waals surface area contributed by atoms with Gasteiger partial charge in [0, 0.05) is 18.6 Å². The van der Waals surface area contributed by atoms with Gasteiger partial charge in [-0.2, -0.15) is 0 Å². The molecule has 1 unspecified atom stereocenters. The molecule has 2 saturated heterocycles. The van der Waals surface area contributed by atoms with Crippen LogP contribution in [0.5, 0.6) is 0 Å². The molecule has 2 heterocycles. The van der Waals surface area contributed by atoms with Gasteiger partial charge in [-0.05, 0) is 19.4 Å². The van der Waals surface area contributed by atoms with Crippen LogP contribution in [0.15, 0.2) is 0 Å². The van der Waals surface area contributed by atoms with Gasteiger partial charge in [0.05, 0.1) is 0 Å². The maximum atomic E-state index is 5.61. The quantitative estimate of drug-likeness (QED) is 0.498. The van der Waals surface area contributed by atoms with E-state index in [9.17, 15) is 0 Å². The predicted octanol–water partition coefficient (Wildman–Crippen LogP) is 0.324. The summed E-state index contributed by atoms with van der Waals surface area (Å²) in [5, 5.41) is 5.34. The number of rotatable bonds is 0. The zero-order chi connectivity index (χ0) is 8.32. The maximum Gasteiger partial charge on any atom is 0.0347 e. The van der Waals surface area contributed by atoms with Crippen molar-refractivity contribution in [3.63, 3.8) is 0 Å². The van der Waals surface area contributed by atoms with Crippen LogP contribution in [-0.4, -0.2) is 30.2 Å². The van der Waals surface area contributed by atoms with Crippen LogP contribution in [0, 0.1) is 0 Å². The fraction of sp³-hybridized carbons (Fsp3) is 1.00. The SMILES string of the molecule is CC.NN1CCC2(CCN2)C1. The highest BCUT2D eigenvalue weighted by Crippen LogP contribution is 2.27. The molecule has 0 bridgehead atoms. The summed E-state index contributed by atoms with van der Waals surface area (Å²) in [4.78, 5) is 0. The third-order valence-electron chi connectivity index (χ3n) is 2.49. The molecule has 1 spiro atoms. The summed E-state index contributed by atoms with van der Waals surface area (Å²) < 4.78 is 0.